The van der Waals surface area contributed by atoms with Crippen LogP contribution in [0.2, 0.25) is 0 Å². The van der Waals surface area contributed by atoms with E-state index in [9.17, 15) is 4.79 Å². The number of nitrogens with zero attached hydrogens (tertiary/aromatic N) is 1. The van der Waals surface area contributed by atoms with Crippen molar-refractivity contribution in [2.45, 2.75) is 51.2 Å². The van der Waals surface area contributed by atoms with Crippen LogP contribution in [0.1, 0.15) is 39.0 Å². The Morgan fingerprint density at radius 3 is 3.00 bits per heavy atom. The van der Waals surface area contributed by atoms with Gasteiger partial charge in [0.05, 0.1) is 12.1 Å². The van der Waals surface area contributed by atoms with Gasteiger partial charge in [-0.15, -0.1) is 0 Å². The minimum absolute atomic E-state index is 0.0398. The zero-order chi connectivity index (χ0) is 12.7. The molecule has 98 valence electrons. The fourth-order valence-electron chi connectivity index (χ4n) is 1.89. The molecule has 1 rings (SSSR count). The summed E-state index contributed by atoms with van der Waals surface area (Å²) in [5.41, 5.74) is 5.45. The second-order valence-corrected chi connectivity index (χ2v) is 4.23. The Morgan fingerprint density at radius 1 is 1.71 bits per heavy atom. The van der Waals surface area contributed by atoms with Crippen LogP contribution in [0, 0.1) is 0 Å². The van der Waals surface area contributed by atoms with Crippen molar-refractivity contribution in [3.8, 4) is 0 Å². The lowest BCUT2D eigenvalue weighted by atomic mass is 10.1. The van der Waals surface area contributed by atoms with E-state index < -0.39 is 6.04 Å². The van der Waals surface area contributed by atoms with Crippen LogP contribution in [0.4, 0.5) is 0 Å². The number of nitrogens with two attached hydrogens (primary N) is 1. The standard InChI is InChI=1S/C11H21N3O3/c1-2-9(11(12)14-16)13-10(15)6-5-8-4-3-7-17-8/h8-9,16H,2-7H2,1H3,(H2,12,14)(H,13,15). The van der Waals surface area contributed by atoms with Gasteiger partial charge >= 0.3 is 0 Å². The van der Waals surface area contributed by atoms with Gasteiger partial charge in [-0.05, 0) is 25.7 Å². The number of carbonyl (C=O) groups excluding carboxylic acids is 1. The first kappa shape index (κ1) is 13.8. The summed E-state index contributed by atoms with van der Waals surface area (Å²) < 4.78 is 5.43. The van der Waals surface area contributed by atoms with E-state index >= 15 is 0 Å². The van der Waals surface area contributed by atoms with Crippen molar-refractivity contribution in [3.05, 3.63) is 0 Å². The lowest BCUT2D eigenvalue weighted by Crippen LogP contribution is -2.44. The van der Waals surface area contributed by atoms with Gasteiger partial charge < -0.3 is 21.0 Å². The molecule has 0 aromatic carbocycles. The fourth-order valence-corrected chi connectivity index (χ4v) is 1.89. The molecule has 2 unspecified atom stereocenters. The predicted molar refractivity (Wildman–Crippen MR) is 63.8 cm³/mol. The van der Waals surface area contributed by atoms with Crippen LogP contribution in [0.5, 0.6) is 0 Å². The van der Waals surface area contributed by atoms with Gasteiger partial charge in [0.2, 0.25) is 5.91 Å². The molecular weight excluding hydrogens is 222 g/mol. The zero-order valence-electron chi connectivity index (χ0n) is 10.2. The number of oxime groups is 1. The lowest BCUT2D eigenvalue weighted by molar-refractivity contribution is -0.122. The quantitative estimate of drug-likeness (QED) is 0.275. The summed E-state index contributed by atoms with van der Waals surface area (Å²) in [5, 5.41) is 14.2. The summed E-state index contributed by atoms with van der Waals surface area (Å²) in [6.45, 7) is 2.66. The second kappa shape index (κ2) is 7.11. The van der Waals surface area contributed by atoms with Crippen LogP contribution in [0.15, 0.2) is 5.16 Å². The average Bonchev–Trinajstić information content (AvgIpc) is 2.85. The van der Waals surface area contributed by atoms with Crippen LogP contribution < -0.4 is 11.1 Å². The summed E-state index contributed by atoms with van der Waals surface area (Å²) in [4.78, 5) is 11.6. The molecule has 17 heavy (non-hydrogen) atoms. The predicted octanol–water partition coefficient (Wildman–Crippen LogP) is 0.587. The van der Waals surface area contributed by atoms with E-state index in [0.717, 1.165) is 25.9 Å². The molecule has 1 fully saturated rings. The van der Waals surface area contributed by atoms with Gasteiger partial charge in [0, 0.05) is 13.0 Å². The number of ether oxygens (including phenoxy) is 1. The monoisotopic (exact) mass is 243 g/mol. The summed E-state index contributed by atoms with van der Waals surface area (Å²) in [6.07, 6.45) is 4.07. The molecule has 2 atom stereocenters. The Morgan fingerprint density at radius 2 is 2.47 bits per heavy atom. The minimum atomic E-state index is -0.392. The molecule has 4 N–H and O–H groups in total. The lowest BCUT2D eigenvalue weighted by Gasteiger charge is -2.16. The number of amidine groups is 1. The number of hydrogen-bond acceptors (Lipinski definition) is 4. The van der Waals surface area contributed by atoms with Crippen LogP contribution in [0.3, 0.4) is 0 Å². The fraction of sp³-hybridized carbons (Fsp3) is 0.818. The van der Waals surface area contributed by atoms with Crippen molar-refractivity contribution in [3.63, 3.8) is 0 Å². The Bertz CT molecular complexity index is 275. The molecule has 1 saturated heterocycles. The Balaban J connectivity index is 2.27. The van der Waals surface area contributed by atoms with Crippen molar-refractivity contribution in [2.24, 2.45) is 10.9 Å². The molecular formula is C11H21N3O3. The van der Waals surface area contributed by atoms with E-state index in [-0.39, 0.29) is 17.8 Å². The highest BCUT2D eigenvalue weighted by atomic mass is 16.5. The molecule has 0 spiro atoms. The van der Waals surface area contributed by atoms with E-state index in [2.05, 4.69) is 10.5 Å². The van der Waals surface area contributed by atoms with Gasteiger partial charge in [0.15, 0.2) is 5.84 Å². The number of hydrogen-bond donors (Lipinski definition) is 3. The van der Waals surface area contributed by atoms with Crippen LogP contribution >= 0.6 is 0 Å². The van der Waals surface area contributed by atoms with Gasteiger partial charge in [0.25, 0.3) is 0 Å². The number of nitrogens with one attached hydrogen (secondary N) is 1. The van der Waals surface area contributed by atoms with E-state index in [1.165, 1.54) is 0 Å². The van der Waals surface area contributed by atoms with Gasteiger partial charge in [-0.3, -0.25) is 4.79 Å². The molecule has 0 radical (unpaired) electrons. The third-order valence-electron chi connectivity index (χ3n) is 2.93. The maximum absolute atomic E-state index is 11.6. The minimum Gasteiger partial charge on any atom is -0.409 e. The molecule has 1 aliphatic heterocycles. The van der Waals surface area contributed by atoms with Gasteiger partial charge in [-0.2, -0.15) is 0 Å². The topological polar surface area (TPSA) is 96.9 Å². The summed E-state index contributed by atoms with van der Waals surface area (Å²) in [6, 6.07) is -0.392. The molecule has 1 amide bonds. The highest BCUT2D eigenvalue weighted by Crippen LogP contribution is 2.16. The number of rotatable bonds is 6. The first-order valence-corrected chi connectivity index (χ1v) is 6.05. The van der Waals surface area contributed by atoms with Gasteiger partial charge in [-0.25, -0.2) is 0 Å². The second-order valence-electron chi connectivity index (χ2n) is 4.23. The first-order chi connectivity index (χ1) is 8.17. The summed E-state index contributed by atoms with van der Waals surface area (Å²) in [5.74, 6) is -0.0445. The maximum atomic E-state index is 11.6. The first-order valence-electron chi connectivity index (χ1n) is 6.05. The molecule has 0 aliphatic carbocycles. The van der Waals surface area contributed by atoms with E-state index in [0.29, 0.717) is 12.8 Å². The Hall–Kier alpha value is -1.30. The maximum Gasteiger partial charge on any atom is 0.220 e. The molecule has 1 heterocycles. The largest absolute Gasteiger partial charge is 0.409 e. The molecule has 6 nitrogen and oxygen atoms in total. The smallest absolute Gasteiger partial charge is 0.220 e. The van der Waals surface area contributed by atoms with Crippen molar-refractivity contribution >= 4 is 11.7 Å². The molecule has 0 saturated carbocycles. The van der Waals surface area contributed by atoms with Crippen molar-refractivity contribution in [1.29, 1.82) is 0 Å². The molecule has 6 heteroatoms. The van der Waals surface area contributed by atoms with E-state index in [4.69, 9.17) is 15.7 Å². The van der Waals surface area contributed by atoms with E-state index in [1.54, 1.807) is 0 Å². The zero-order valence-corrected chi connectivity index (χ0v) is 10.2. The summed E-state index contributed by atoms with van der Waals surface area (Å²) in [7, 11) is 0. The van der Waals surface area contributed by atoms with Crippen molar-refractivity contribution in [2.75, 3.05) is 6.61 Å². The third kappa shape index (κ3) is 4.60. The van der Waals surface area contributed by atoms with Crippen LogP contribution in [-0.2, 0) is 9.53 Å². The number of amides is 1. The molecule has 1 aliphatic rings. The highest BCUT2D eigenvalue weighted by Gasteiger charge is 2.19. The summed E-state index contributed by atoms with van der Waals surface area (Å²) >= 11 is 0. The Kier molecular flexibility index (Phi) is 5.76. The molecule has 0 aromatic heterocycles. The van der Waals surface area contributed by atoms with Crippen molar-refractivity contribution < 1.29 is 14.7 Å². The van der Waals surface area contributed by atoms with Crippen LogP contribution in [0.25, 0.3) is 0 Å². The van der Waals surface area contributed by atoms with Gasteiger partial charge in [-0.1, -0.05) is 12.1 Å². The SMILES string of the molecule is CCC(NC(=O)CCC1CCCO1)C(N)=NO. The van der Waals surface area contributed by atoms with Crippen molar-refractivity contribution in [1.82, 2.24) is 5.32 Å². The Labute approximate surface area is 101 Å². The molecule has 0 aromatic rings. The average molecular weight is 243 g/mol. The third-order valence-corrected chi connectivity index (χ3v) is 2.93. The molecule has 0 bridgehead atoms. The van der Waals surface area contributed by atoms with E-state index in [1.807, 2.05) is 6.92 Å². The normalized spacial score (nSPS) is 22.4. The van der Waals surface area contributed by atoms with Gasteiger partial charge in [0.1, 0.15) is 0 Å². The number of carbonyl (C=O) groups is 1. The van der Waals surface area contributed by atoms with Crippen LogP contribution in [-0.4, -0.2) is 35.7 Å². The highest BCUT2D eigenvalue weighted by molar-refractivity contribution is 5.89.